The van der Waals surface area contributed by atoms with E-state index in [1.807, 2.05) is 18.5 Å². The first-order chi connectivity index (χ1) is 13.1. The number of anilines is 2. The van der Waals surface area contributed by atoms with Gasteiger partial charge in [0.15, 0.2) is 11.5 Å². The smallest absolute Gasteiger partial charge is 0.238 e. The predicted octanol–water partition coefficient (Wildman–Crippen LogP) is 1.68. The Labute approximate surface area is 159 Å². The van der Waals surface area contributed by atoms with Gasteiger partial charge in [-0.05, 0) is 19.1 Å². The van der Waals surface area contributed by atoms with Crippen LogP contribution in [0.5, 0.6) is 11.5 Å². The first kappa shape index (κ1) is 19.0. The highest BCUT2D eigenvalue weighted by molar-refractivity contribution is 5.92. The Bertz CT molecular complexity index is 768. The molecule has 0 atom stereocenters. The lowest BCUT2D eigenvalue weighted by atomic mass is 10.2. The zero-order valence-electron chi connectivity index (χ0n) is 16.1. The van der Waals surface area contributed by atoms with Crippen LogP contribution in [0.1, 0.15) is 6.92 Å². The van der Waals surface area contributed by atoms with Crippen molar-refractivity contribution in [1.29, 1.82) is 0 Å². The monoisotopic (exact) mass is 373 g/mol. The Morgan fingerprint density at radius 2 is 1.89 bits per heavy atom. The Balaban J connectivity index is 1.51. The summed E-state index contributed by atoms with van der Waals surface area (Å²) in [6, 6.07) is 5.35. The lowest BCUT2D eigenvalue weighted by Crippen LogP contribution is -2.49. The summed E-state index contributed by atoms with van der Waals surface area (Å²) in [5, 5.41) is 2.93. The number of amides is 1. The number of nitrogens with zero attached hydrogens (tertiary/aromatic N) is 4. The third-order valence-electron chi connectivity index (χ3n) is 4.72. The van der Waals surface area contributed by atoms with E-state index in [9.17, 15) is 4.79 Å². The zero-order valence-corrected chi connectivity index (χ0v) is 16.1. The van der Waals surface area contributed by atoms with Gasteiger partial charge in [-0.3, -0.25) is 9.69 Å². The van der Waals surface area contributed by atoms with E-state index in [4.69, 9.17) is 9.47 Å². The van der Waals surface area contributed by atoms with Gasteiger partial charge < -0.3 is 24.3 Å². The summed E-state index contributed by atoms with van der Waals surface area (Å²) in [6.07, 6.45) is 3.83. The van der Waals surface area contributed by atoms with Crippen molar-refractivity contribution in [2.24, 2.45) is 0 Å². The molecular formula is C19H27N5O3. The number of aromatic nitrogens is 2. The number of hydrogen-bond acceptors (Lipinski definition) is 6. The molecule has 3 rings (SSSR count). The fraction of sp³-hybridized carbons (Fsp3) is 0.474. The molecule has 1 saturated heterocycles. The minimum absolute atomic E-state index is 0.0364. The maximum atomic E-state index is 12.4. The van der Waals surface area contributed by atoms with Crippen LogP contribution >= 0.6 is 0 Å². The topological polar surface area (TPSA) is 71.9 Å². The van der Waals surface area contributed by atoms with Gasteiger partial charge in [0.25, 0.3) is 0 Å². The van der Waals surface area contributed by atoms with Crippen LogP contribution in [-0.2, 0) is 11.3 Å². The number of ether oxygens (including phenoxy) is 2. The molecule has 2 heterocycles. The first-order valence-electron chi connectivity index (χ1n) is 9.15. The second kappa shape index (κ2) is 8.77. The highest BCUT2D eigenvalue weighted by atomic mass is 16.5. The van der Waals surface area contributed by atoms with Crippen molar-refractivity contribution >= 4 is 17.5 Å². The molecule has 8 heteroatoms. The van der Waals surface area contributed by atoms with Crippen molar-refractivity contribution < 1.29 is 14.3 Å². The van der Waals surface area contributed by atoms with Gasteiger partial charge in [-0.25, -0.2) is 4.98 Å². The maximum absolute atomic E-state index is 12.4. The molecule has 0 spiro atoms. The molecule has 1 N–H and O–H groups in total. The van der Waals surface area contributed by atoms with Crippen LogP contribution in [-0.4, -0.2) is 67.3 Å². The molecule has 0 aliphatic carbocycles. The van der Waals surface area contributed by atoms with E-state index in [2.05, 4.69) is 31.6 Å². The number of hydrogen-bond donors (Lipinski definition) is 1. The highest BCUT2D eigenvalue weighted by Gasteiger charge is 2.21. The van der Waals surface area contributed by atoms with E-state index in [1.165, 1.54) is 0 Å². The molecule has 1 aliphatic rings. The first-order valence-corrected chi connectivity index (χ1v) is 9.15. The molecule has 1 aliphatic heterocycles. The summed E-state index contributed by atoms with van der Waals surface area (Å²) >= 11 is 0. The van der Waals surface area contributed by atoms with Crippen LogP contribution in [0, 0.1) is 0 Å². The fourth-order valence-corrected chi connectivity index (χ4v) is 3.25. The Morgan fingerprint density at radius 3 is 2.56 bits per heavy atom. The second-order valence-corrected chi connectivity index (χ2v) is 6.39. The van der Waals surface area contributed by atoms with Gasteiger partial charge in [-0.15, -0.1) is 0 Å². The third-order valence-corrected chi connectivity index (χ3v) is 4.72. The van der Waals surface area contributed by atoms with E-state index in [1.54, 1.807) is 26.4 Å². The van der Waals surface area contributed by atoms with Gasteiger partial charge in [0.05, 0.1) is 20.8 Å². The molecule has 1 amide bonds. The molecule has 0 unspecified atom stereocenters. The fourth-order valence-electron chi connectivity index (χ4n) is 3.25. The Hall–Kier alpha value is -2.74. The molecule has 0 saturated carbocycles. The van der Waals surface area contributed by atoms with E-state index in [0.29, 0.717) is 23.7 Å². The number of methoxy groups -OCH3 is 2. The number of piperazine rings is 1. The second-order valence-electron chi connectivity index (χ2n) is 6.39. The normalized spacial score (nSPS) is 14.9. The third kappa shape index (κ3) is 4.51. The van der Waals surface area contributed by atoms with Gasteiger partial charge in [0.2, 0.25) is 11.9 Å². The number of rotatable bonds is 7. The molecule has 0 bridgehead atoms. The average Bonchev–Trinajstić information content (AvgIpc) is 3.17. The summed E-state index contributed by atoms with van der Waals surface area (Å²) in [6.45, 7) is 6.76. The van der Waals surface area contributed by atoms with Crippen molar-refractivity contribution in [2.75, 3.05) is 57.2 Å². The Morgan fingerprint density at radius 1 is 1.15 bits per heavy atom. The van der Waals surface area contributed by atoms with E-state index in [-0.39, 0.29) is 5.91 Å². The van der Waals surface area contributed by atoms with E-state index >= 15 is 0 Å². The number of benzene rings is 1. The van der Waals surface area contributed by atoms with Crippen LogP contribution in [0.4, 0.5) is 11.6 Å². The van der Waals surface area contributed by atoms with Gasteiger partial charge in [0, 0.05) is 56.9 Å². The van der Waals surface area contributed by atoms with Crippen LogP contribution in [0.3, 0.4) is 0 Å². The number of aryl methyl sites for hydroxylation is 1. The van der Waals surface area contributed by atoms with Crippen molar-refractivity contribution in [3.8, 4) is 11.5 Å². The summed E-state index contributed by atoms with van der Waals surface area (Å²) in [4.78, 5) is 21.3. The van der Waals surface area contributed by atoms with Crippen LogP contribution in [0.2, 0.25) is 0 Å². The minimum atomic E-state index is -0.0364. The van der Waals surface area contributed by atoms with Crippen molar-refractivity contribution in [1.82, 2.24) is 14.5 Å². The quantitative estimate of drug-likeness (QED) is 0.796. The van der Waals surface area contributed by atoms with Crippen molar-refractivity contribution in [3.63, 3.8) is 0 Å². The van der Waals surface area contributed by atoms with Crippen LogP contribution in [0.15, 0.2) is 30.6 Å². The largest absolute Gasteiger partial charge is 0.493 e. The SMILES string of the molecule is CCn1ccnc1N1CCN(CC(=O)Nc2ccc(OC)c(OC)c2)CC1. The lowest BCUT2D eigenvalue weighted by Gasteiger charge is -2.35. The minimum Gasteiger partial charge on any atom is -0.493 e. The molecule has 2 aromatic rings. The van der Waals surface area contributed by atoms with Gasteiger partial charge in [-0.1, -0.05) is 0 Å². The number of nitrogens with one attached hydrogen (secondary N) is 1. The van der Waals surface area contributed by atoms with E-state index in [0.717, 1.165) is 38.7 Å². The predicted molar refractivity (Wildman–Crippen MR) is 105 cm³/mol. The lowest BCUT2D eigenvalue weighted by molar-refractivity contribution is -0.117. The molecule has 27 heavy (non-hydrogen) atoms. The average molecular weight is 373 g/mol. The maximum Gasteiger partial charge on any atom is 0.238 e. The van der Waals surface area contributed by atoms with Crippen LogP contribution in [0.25, 0.3) is 0 Å². The van der Waals surface area contributed by atoms with Crippen molar-refractivity contribution in [3.05, 3.63) is 30.6 Å². The number of imidazole rings is 1. The molecule has 1 fully saturated rings. The standard InChI is InChI=1S/C19H27N5O3/c1-4-23-8-7-20-19(23)24-11-9-22(10-12-24)14-18(25)21-15-5-6-16(26-2)17(13-15)27-3/h5-8,13H,4,9-12,14H2,1-3H3,(H,21,25). The zero-order chi connectivity index (χ0) is 19.2. The summed E-state index contributed by atoms with van der Waals surface area (Å²) < 4.78 is 12.6. The number of carbonyl (C=O) groups excluding carboxylic acids is 1. The highest BCUT2D eigenvalue weighted by Crippen LogP contribution is 2.29. The van der Waals surface area contributed by atoms with E-state index < -0.39 is 0 Å². The van der Waals surface area contributed by atoms with Gasteiger partial charge >= 0.3 is 0 Å². The summed E-state index contributed by atoms with van der Waals surface area (Å²) in [5.74, 6) is 2.20. The molecule has 146 valence electrons. The summed E-state index contributed by atoms with van der Waals surface area (Å²) in [5.41, 5.74) is 0.696. The van der Waals surface area contributed by atoms with Crippen molar-refractivity contribution in [2.45, 2.75) is 13.5 Å². The molecule has 8 nitrogen and oxygen atoms in total. The van der Waals surface area contributed by atoms with Gasteiger partial charge in [-0.2, -0.15) is 0 Å². The van der Waals surface area contributed by atoms with Gasteiger partial charge in [0.1, 0.15) is 0 Å². The molecule has 1 aromatic carbocycles. The number of carbonyl (C=O) groups is 1. The molecular weight excluding hydrogens is 346 g/mol. The summed E-state index contributed by atoms with van der Waals surface area (Å²) in [7, 11) is 3.16. The van der Waals surface area contributed by atoms with Crippen LogP contribution < -0.4 is 19.7 Å². The Kier molecular flexibility index (Phi) is 6.18. The molecule has 0 radical (unpaired) electrons. The molecule has 1 aromatic heterocycles.